The van der Waals surface area contributed by atoms with Crippen molar-refractivity contribution in [3.63, 3.8) is 0 Å². The molecular formula is C19H24F2N2O. The molecule has 2 N–H and O–H groups in total. The summed E-state index contributed by atoms with van der Waals surface area (Å²) in [5.74, 6) is 0.593. The van der Waals surface area contributed by atoms with Crippen LogP contribution in [0.1, 0.15) is 39.2 Å². The van der Waals surface area contributed by atoms with Crippen molar-refractivity contribution in [1.82, 2.24) is 4.98 Å². The number of pyridine rings is 1. The van der Waals surface area contributed by atoms with Crippen molar-refractivity contribution in [3.8, 4) is 16.9 Å². The predicted octanol–water partition coefficient (Wildman–Crippen LogP) is 4.83. The van der Waals surface area contributed by atoms with Crippen LogP contribution < -0.4 is 10.5 Å². The maximum atomic E-state index is 13.4. The van der Waals surface area contributed by atoms with E-state index in [0.29, 0.717) is 11.5 Å². The van der Waals surface area contributed by atoms with Gasteiger partial charge in [0.25, 0.3) is 6.43 Å². The van der Waals surface area contributed by atoms with E-state index in [0.717, 1.165) is 12.0 Å². The third-order valence-corrected chi connectivity index (χ3v) is 3.69. The summed E-state index contributed by atoms with van der Waals surface area (Å²) in [7, 11) is 0. The van der Waals surface area contributed by atoms with Gasteiger partial charge in [0, 0.05) is 17.9 Å². The average molecular weight is 334 g/mol. The van der Waals surface area contributed by atoms with Crippen molar-refractivity contribution < 1.29 is 13.5 Å². The van der Waals surface area contributed by atoms with Crippen LogP contribution in [0.2, 0.25) is 0 Å². The van der Waals surface area contributed by atoms with Crippen LogP contribution >= 0.6 is 0 Å². The van der Waals surface area contributed by atoms with E-state index < -0.39 is 12.0 Å². The molecule has 5 heteroatoms. The lowest BCUT2D eigenvalue weighted by Crippen LogP contribution is -2.43. The van der Waals surface area contributed by atoms with Gasteiger partial charge in [0.2, 0.25) is 0 Å². The van der Waals surface area contributed by atoms with Gasteiger partial charge in [0.05, 0.1) is 5.56 Å². The molecule has 24 heavy (non-hydrogen) atoms. The molecule has 1 aromatic heterocycles. The smallest absolute Gasteiger partial charge is 0.267 e. The Morgan fingerprint density at radius 1 is 1.12 bits per heavy atom. The van der Waals surface area contributed by atoms with E-state index in [4.69, 9.17) is 10.5 Å². The summed E-state index contributed by atoms with van der Waals surface area (Å²) in [5.41, 5.74) is 7.06. The van der Waals surface area contributed by atoms with Gasteiger partial charge in [-0.05, 0) is 54.7 Å². The molecule has 0 fully saturated rings. The Balaban J connectivity index is 2.21. The molecule has 2 aromatic rings. The van der Waals surface area contributed by atoms with Gasteiger partial charge < -0.3 is 10.5 Å². The minimum absolute atomic E-state index is 0.121. The molecular weight excluding hydrogens is 310 g/mol. The first-order valence-corrected chi connectivity index (χ1v) is 8.03. The van der Waals surface area contributed by atoms with Crippen LogP contribution in [0, 0.1) is 5.92 Å². The number of aromatic nitrogens is 1. The van der Waals surface area contributed by atoms with E-state index in [-0.39, 0.29) is 17.9 Å². The Kier molecular flexibility index (Phi) is 5.89. The Bertz CT molecular complexity index is 658. The summed E-state index contributed by atoms with van der Waals surface area (Å²) < 4.78 is 32.5. The third-order valence-electron chi connectivity index (χ3n) is 3.69. The van der Waals surface area contributed by atoms with Crippen LogP contribution in [-0.2, 0) is 0 Å². The highest BCUT2D eigenvalue weighted by atomic mass is 19.3. The van der Waals surface area contributed by atoms with Gasteiger partial charge >= 0.3 is 0 Å². The van der Waals surface area contributed by atoms with Crippen LogP contribution in [0.5, 0.6) is 5.75 Å². The van der Waals surface area contributed by atoms with E-state index in [1.807, 2.05) is 6.92 Å². The van der Waals surface area contributed by atoms with Crippen molar-refractivity contribution in [1.29, 1.82) is 0 Å². The van der Waals surface area contributed by atoms with Crippen LogP contribution in [0.25, 0.3) is 11.1 Å². The number of halogens is 2. The standard InChI is InChI=1S/C19H24F2N2O/c1-13(2)11-19(3,22)12-24-17-5-4-15(10-16(17)18(20)21)14-6-8-23-9-7-14/h4-10,13,18H,11-12,22H2,1-3H3. The first kappa shape index (κ1) is 18.3. The Morgan fingerprint density at radius 3 is 2.38 bits per heavy atom. The minimum atomic E-state index is -2.61. The second-order valence-electron chi connectivity index (χ2n) is 6.83. The van der Waals surface area contributed by atoms with Crippen LogP contribution in [0.4, 0.5) is 8.78 Å². The molecule has 0 radical (unpaired) electrons. The van der Waals surface area contributed by atoms with Crippen molar-refractivity contribution in [2.45, 2.75) is 39.2 Å². The second kappa shape index (κ2) is 7.71. The van der Waals surface area contributed by atoms with Gasteiger partial charge in [-0.15, -0.1) is 0 Å². The zero-order chi connectivity index (χ0) is 17.7. The SMILES string of the molecule is CC(C)CC(C)(N)COc1ccc(-c2ccncc2)cc1C(F)F. The van der Waals surface area contributed by atoms with Crippen molar-refractivity contribution in [3.05, 3.63) is 48.3 Å². The molecule has 1 heterocycles. The molecule has 0 aliphatic carbocycles. The number of ether oxygens (including phenoxy) is 1. The minimum Gasteiger partial charge on any atom is -0.491 e. The van der Waals surface area contributed by atoms with Crippen molar-refractivity contribution >= 4 is 0 Å². The highest BCUT2D eigenvalue weighted by molar-refractivity contribution is 5.65. The quantitative estimate of drug-likeness (QED) is 0.789. The van der Waals surface area contributed by atoms with Crippen molar-refractivity contribution in [2.75, 3.05) is 6.61 Å². The number of hydrogen-bond donors (Lipinski definition) is 1. The van der Waals surface area contributed by atoms with Gasteiger partial charge in [-0.3, -0.25) is 4.98 Å². The highest BCUT2D eigenvalue weighted by Gasteiger charge is 2.23. The Morgan fingerprint density at radius 2 is 1.79 bits per heavy atom. The van der Waals surface area contributed by atoms with Crippen LogP contribution in [-0.4, -0.2) is 17.1 Å². The Labute approximate surface area is 141 Å². The molecule has 3 nitrogen and oxygen atoms in total. The number of nitrogens with zero attached hydrogens (tertiary/aromatic N) is 1. The summed E-state index contributed by atoms with van der Waals surface area (Å²) in [6, 6.07) is 8.39. The molecule has 130 valence electrons. The lowest BCUT2D eigenvalue weighted by Gasteiger charge is -2.27. The molecule has 0 amide bonds. The molecule has 1 unspecified atom stereocenters. The van der Waals surface area contributed by atoms with Crippen LogP contribution in [0.3, 0.4) is 0 Å². The van der Waals surface area contributed by atoms with E-state index in [9.17, 15) is 8.78 Å². The zero-order valence-corrected chi connectivity index (χ0v) is 14.3. The monoisotopic (exact) mass is 334 g/mol. The maximum Gasteiger partial charge on any atom is 0.267 e. The normalized spacial score (nSPS) is 14.0. The topological polar surface area (TPSA) is 48.1 Å². The largest absolute Gasteiger partial charge is 0.491 e. The zero-order valence-electron chi connectivity index (χ0n) is 14.3. The molecule has 0 spiro atoms. The third kappa shape index (κ3) is 4.99. The summed E-state index contributed by atoms with van der Waals surface area (Å²) in [6.07, 6.45) is 1.41. The van der Waals surface area contributed by atoms with Gasteiger partial charge in [0.15, 0.2) is 0 Å². The lowest BCUT2D eigenvalue weighted by molar-refractivity contribution is 0.140. The average Bonchev–Trinajstić information content (AvgIpc) is 2.52. The maximum absolute atomic E-state index is 13.4. The number of rotatable bonds is 7. The van der Waals surface area contributed by atoms with E-state index in [1.165, 1.54) is 6.07 Å². The first-order chi connectivity index (χ1) is 11.3. The molecule has 0 aliphatic heterocycles. The molecule has 0 saturated heterocycles. The number of alkyl halides is 2. The molecule has 0 saturated carbocycles. The number of nitrogens with two attached hydrogens (primary N) is 1. The lowest BCUT2D eigenvalue weighted by atomic mass is 9.93. The highest BCUT2D eigenvalue weighted by Crippen LogP contribution is 2.33. The molecule has 0 aliphatic rings. The second-order valence-corrected chi connectivity index (χ2v) is 6.83. The fraction of sp³-hybridized carbons (Fsp3) is 0.421. The van der Waals surface area contributed by atoms with Gasteiger partial charge in [-0.1, -0.05) is 19.9 Å². The predicted molar refractivity (Wildman–Crippen MR) is 92.2 cm³/mol. The number of hydrogen-bond acceptors (Lipinski definition) is 3. The van der Waals surface area contributed by atoms with Crippen molar-refractivity contribution in [2.24, 2.45) is 11.7 Å². The summed E-state index contributed by atoms with van der Waals surface area (Å²) >= 11 is 0. The van der Waals surface area contributed by atoms with E-state index in [2.05, 4.69) is 18.8 Å². The van der Waals surface area contributed by atoms with Crippen LogP contribution in [0.15, 0.2) is 42.7 Å². The first-order valence-electron chi connectivity index (χ1n) is 8.03. The fourth-order valence-corrected chi connectivity index (χ4v) is 2.81. The summed E-state index contributed by atoms with van der Waals surface area (Å²) in [5, 5.41) is 0. The van der Waals surface area contributed by atoms with Gasteiger partial charge in [0.1, 0.15) is 12.4 Å². The van der Waals surface area contributed by atoms with Gasteiger partial charge in [-0.25, -0.2) is 8.78 Å². The number of benzene rings is 1. The molecule has 1 aromatic carbocycles. The molecule has 0 bridgehead atoms. The van der Waals surface area contributed by atoms with Gasteiger partial charge in [-0.2, -0.15) is 0 Å². The Hall–Kier alpha value is -2.01. The summed E-state index contributed by atoms with van der Waals surface area (Å²) in [4.78, 5) is 3.94. The van der Waals surface area contributed by atoms with E-state index >= 15 is 0 Å². The molecule has 1 atom stereocenters. The summed E-state index contributed by atoms with van der Waals surface area (Å²) in [6.45, 7) is 6.21. The van der Waals surface area contributed by atoms with E-state index in [1.54, 1.807) is 36.7 Å². The fourth-order valence-electron chi connectivity index (χ4n) is 2.81. The molecule has 2 rings (SSSR count).